The molecule has 1 unspecified atom stereocenters. The number of nitrogens with one attached hydrogen (secondary N) is 2. The van der Waals surface area contributed by atoms with E-state index in [0.29, 0.717) is 15.0 Å². The van der Waals surface area contributed by atoms with Gasteiger partial charge in [-0.3, -0.25) is 14.5 Å². The zero-order chi connectivity index (χ0) is 37.0. The van der Waals surface area contributed by atoms with Gasteiger partial charge in [-0.1, -0.05) is 108 Å². The van der Waals surface area contributed by atoms with Gasteiger partial charge in [-0.05, 0) is 33.8 Å². The van der Waals surface area contributed by atoms with Crippen LogP contribution in [-0.2, 0) is 24.8 Å². The highest BCUT2D eigenvalue weighted by Gasteiger charge is 2.54. The van der Waals surface area contributed by atoms with Crippen LogP contribution in [0.5, 0.6) is 0 Å². The van der Waals surface area contributed by atoms with E-state index in [9.17, 15) is 28.3 Å². The van der Waals surface area contributed by atoms with Gasteiger partial charge in [0.15, 0.2) is 15.2 Å². The van der Waals surface area contributed by atoms with Crippen LogP contribution in [0.4, 0.5) is 13.9 Å². The van der Waals surface area contributed by atoms with Crippen LogP contribution in [0.2, 0.25) is 0 Å². The first kappa shape index (κ1) is 36.2. The molecule has 2 aliphatic heterocycles. The van der Waals surface area contributed by atoms with E-state index in [1.165, 1.54) is 46.8 Å². The number of carbonyl (C=O) groups is 3. The maximum atomic E-state index is 13.7. The maximum absolute atomic E-state index is 13.7. The third-order valence-electron chi connectivity index (χ3n) is 8.35. The highest BCUT2D eigenvalue weighted by Crippen LogP contribution is 2.43. The number of oxime groups is 1. The van der Waals surface area contributed by atoms with Crippen LogP contribution in [0.15, 0.2) is 123 Å². The standard InChI is InChI=1S/C35H27F2N7O5S4/c36-32(37)49-43-25(28(45)41-26-29(46)44-27(31(47)48)20(16-50-30(26)44)17-52-34-38-19-39-53-34)24-18-51-33(40-24)42-35(21-10-4-1-5-11-21,22-12-6-2-7-13-22)23-14-8-3-9-15-23/h1-15,18-19,26,30,32H,16-17H2,(H,40,42)(H,41,45)(H,47,48)/t26?,30-/m1/s1. The van der Waals surface area contributed by atoms with E-state index in [1.54, 1.807) is 0 Å². The van der Waals surface area contributed by atoms with Gasteiger partial charge in [0.2, 0.25) is 0 Å². The Bertz CT molecular complexity index is 2060. The van der Waals surface area contributed by atoms with Crippen molar-refractivity contribution in [2.45, 2.75) is 27.9 Å². The van der Waals surface area contributed by atoms with Gasteiger partial charge in [-0.25, -0.2) is 14.8 Å². The number of hydrogen-bond donors (Lipinski definition) is 3. The molecule has 0 spiro atoms. The lowest BCUT2D eigenvalue weighted by molar-refractivity contribution is -0.150. The first-order valence-electron chi connectivity index (χ1n) is 15.8. The Hall–Kier alpha value is -5.17. The molecule has 1 fully saturated rings. The molecule has 53 heavy (non-hydrogen) atoms. The predicted octanol–water partition coefficient (Wildman–Crippen LogP) is 5.87. The number of benzene rings is 3. The van der Waals surface area contributed by atoms with E-state index in [0.717, 1.165) is 32.9 Å². The highest BCUT2D eigenvalue weighted by atomic mass is 32.2. The van der Waals surface area contributed by atoms with Crippen LogP contribution in [0.1, 0.15) is 22.4 Å². The number of nitrogens with zero attached hydrogens (tertiary/aromatic N) is 5. The molecule has 3 N–H and O–H groups in total. The molecule has 0 bridgehead atoms. The van der Waals surface area contributed by atoms with Crippen LogP contribution >= 0.6 is 46.4 Å². The van der Waals surface area contributed by atoms with Gasteiger partial charge in [-0.2, -0.15) is 13.2 Å². The molecule has 0 saturated carbocycles. The summed E-state index contributed by atoms with van der Waals surface area (Å²) in [6.07, 6.45) is 1.40. The van der Waals surface area contributed by atoms with Gasteiger partial charge in [0, 0.05) is 16.9 Å². The molecule has 2 atom stereocenters. The van der Waals surface area contributed by atoms with Gasteiger partial charge in [0.1, 0.15) is 34.7 Å². The molecule has 1 saturated heterocycles. The Morgan fingerprint density at radius 1 is 1.02 bits per heavy atom. The average Bonchev–Trinajstić information content (AvgIpc) is 3.88. The monoisotopic (exact) mass is 791 g/mol. The molecule has 7 rings (SSSR count). The quantitative estimate of drug-likeness (QED) is 0.0406. The lowest BCUT2D eigenvalue weighted by Gasteiger charge is -2.49. The molecule has 2 amide bonds. The van der Waals surface area contributed by atoms with Gasteiger partial charge in [-0.15, -0.1) is 23.1 Å². The minimum absolute atomic E-state index is 0.0826. The summed E-state index contributed by atoms with van der Waals surface area (Å²) < 4.78 is 31.1. The van der Waals surface area contributed by atoms with Gasteiger partial charge >= 0.3 is 12.6 Å². The summed E-state index contributed by atoms with van der Waals surface area (Å²) in [6.45, 7) is -3.34. The number of halogens is 2. The number of amides is 2. The number of thiazole rings is 1. The molecule has 12 nitrogen and oxygen atoms in total. The summed E-state index contributed by atoms with van der Waals surface area (Å²) in [5.74, 6) is -2.40. The van der Waals surface area contributed by atoms with Crippen molar-refractivity contribution in [1.29, 1.82) is 0 Å². The second-order valence-electron chi connectivity index (χ2n) is 11.4. The Kier molecular flexibility index (Phi) is 10.8. The number of aliphatic carboxylic acids is 1. The zero-order valence-electron chi connectivity index (χ0n) is 27.2. The van der Waals surface area contributed by atoms with Crippen molar-refractivity contribution in [3.8, 4) is 0 Å². The van der Waals surface area contributed by atoms with Crippen LogP contribution in [0.25, 0.3) is 0 Å². The van der Waals surface area contributed by atoms with Gasteiger partial charge in [0.05, 0.1) is 0 Å². The summed E-state index contributed by atoms with van der Waals surface area (Å²) in [5, 5.41) is 20.6. The fourth-order valence-corrected chi connectivity index (χ4v) is 9.74. The number of carboxylic acid groups (broad SMARTS) is 1. The number of β-lactam (4-membered cyclic amide) rings is 1. The number of aromatic nitrogens is 3. The number of fused-ring (bicyclic) bond motifs is 1. The first-order chi connectivity index (χ1) is 25.8. The summed E-state index contributed by atoms with van der Waals surface area (Å²) in [6, 6.07) is 28.0. The molecule has 270 valence electrons. The number of carbonyl (C=O) groups excluding carboxylic acids is 2. The fraction of sp³-hybridized carbons (Fsp3) is 0.171. The van der Waals surface area contributed by atoms with Gasteiger partial charge < -0.3 is 20.6 Å². The van der Waals surface area contributed by atoms with Gasteiger partial charge in [0.25, 0.3) is 11.8 Å². The molecule has 4 heterocycles. The molecule has 5 aromatic rings. The Balaban J connectivity index is 1.16. The lowest BCUT2D eigenvalue weighted by Crippen LogP contribution is -2.71. The Morgan fingerprint density at radius 2 is 1.64 bits per heavy atom. The normalized spacial score (nSPS) is 17.3. The van der Waals surface area contributed by atoms with E-state index in [1.807, 2.05) is 91.0 Å². The zero-order valence-corrected chi connectivity index (χ0v) is 30.4. The average molecular weight is 792 g/mol. The van der Waals surface area contributed by atoms with E-state index in [4.69, 9.17) is 0 Å². The minimum atomic E-state index is -3.34. The van der Waals surface area contributed by atoms with E-state index in [2.05, 4.69) is 35.0 Å². The predicted molar refractivity (Wildman–Crippen MR) is 199 cm³/mol. The molecular formula is C35H27F2N7O5S4. The number of thioether (sulfide) groups is 2. The van der Waals surface area contributed by atoms with Crippen LogP contribution in [-0.4, -0.2) is 77.4 Å². The van der Waals surface area contributed by atoms with Crippen LogP contribution < -0.4 is 10.6 Å². The number of rotatable bonds is 14. The SMILES string of the molecule is O=C(O)C1=C(CSc2ncns2)CS[C@@H]2C(NC(=O)C(=NOC(F)F)c3csc(NC(c4ccccc4)(c4ccccc4)c4ccccc4)n3)C(=O)N12. The second kappa shape index (κ2) is 15.8. The van der Waals surface area contributed by atoms with E-state index < -0.39 is 47.1 Å². The summed E-state index contributed by atoms with van der Waals surface area (Å²) in [4.78, 5) is 53.4. The smallest absolute Gasteiger partial charge is 0.407 e. The first-order valence-corrected chi connectivity index (χ1v) is 19.5. The fourth-order valence-electron chi connectivity index (χ4n) is 6.06. The van der Waals surface area contributed by atoms with Crippen molar-refractivity contribution in [3.63, 3.8) is 0 Å². The number of anilines is 1. The summed E-state index contributed by atoms with van der Waals surface area (Å²) >= 11 is 4.87. The van der Waals surface area contributed by atoms with Crippen molar-refractivity contribution in [2.24, 2.45) is 5.16 Å². The molecule has 0 aliphatic carbocycles. The maximum Gasteiger partial charge on any atom is 0.407 e. The number of alkyl halides is 2. The topological polar surface area (TPSA) is 159 Å². The molecule has 2 aromatic heterocycles. The lowest BCUT2D eigenvalue weighted by atomic mass is 9.77. The van der Waals surface area contributed by atoms with E-state index >= 15 is 0 Å². The van der Waals surface area contributed by atoms with Crippen molar-refractivity contribution in [1.82, 2.24) is 24.6 Å². The van der Waals surface area contributed by atoms with Crippen LogP contribution in [0.3, 0.4) is 0 Å². The number of carboxylic acids is 1. The summed E-state index contributed by atoms with van der Waals surface area (Å²) in [5.41, 5.74) is 1.37. The Labute approximate surface area is 317 Å². The molecule has 3 aromatic carbocycles. The van der Waals surface area contributed by atoms with Crippen molar-refractivity contribution in [3.05, 3.63) is 136 Å². The summed E-state index contributed by atoms with van der Waals surface area (Å²) in [7, 11) is 0. The molecule has 18 heteroatoms. The third-order valence-corrected chi connectivity index (χ3v) is 12.3. The second-order valence-corrected chi connectivity index (χ2v) is 15.4. The number of hydrogen-bond acceptors (Lipinski definition) is 13. The Morgan fingerprint density at radius 3 is 2.19 bits per heavy atom. The van der Waals surface area contributed by atoms with Crippen molar-refractivity contribution in [2.75, 3.05) is 16.8 Å². The molecule has 0 radical (unpaired) electrons. The minimum Gasteiger partial charge on any atom is -0.477 e. The highest BCUT2D eigenvalue weighted by molar-refractivity contribution is 8.01. The van der Waals surface area contributed by atoms with Crippen LogP contribution in [0, 0.1) is 0 Å². The molecular weight excluding hydrogens is 765 g/mol. The third kappa shape index (κ3) is 7.39. The van der Waals surface area contributed by atoms with Crippen molar-refractivity contribution < 1.29 is 33.1 Å². The van der Waals surface area contributed by atoms with Crippen molar-refractivity contribution >= 4 is 75.0 Å². The van der Waals surface area contributed by atoms with E-state index in [-0.39, 0.29) is 22.9 Å². The molecule has 2 aliphatic rings. The largest absolute Gasteiger partial charge is 0.477 e.